The minimum atomic E-state index is -0.546. The van der Waals surface area contributed by atoms with E-state index in [1.54, 1.807) is 37.6 Å². The number of carbonyl (C=O) groups is 2. The third-order valence-corrected chi connectivity index (χ3v) is 5.69. The number of allylic oxidation sites excluding steroid dienone is 1. The van der Waals surface area contributed by atoms with Crippen LogP contribution in [-0.4, -0.2) is 30.6 Å². The van der Waals surface area contributed by atoms with E-state index in [-0.39, 0.29) is 0 Å². The number of aromatic nitrogens is 1. The van der Waals surface area contributed by atoms with Crippen LogP contribution in [0.5, 0.6) is 5.75 Å². The van der Waals surface area contributed by atoms with Gasteiger partial charge in [-0.05, 0) is 60.4 Å². The number of methoxy groups -OCH3 is 1. The van der Waals surface area contributed by atoms with Gasteiger partial charge in [-0.2, -0.15) is 0 Å². The van der Waals surface area contributed by atoms with Gasteiger partial charge in [0.1, 0.15) is 11.5 Å². The second kappa shape index (κ2) is 9.23. The lowest BCUT2D eigenvalue weighted by molar-refractivity contribution is -0.119. The minimum absolute atomic E-state index is 0.406. The molecule has 7 heteroatoms. The zero-order valence-corrected chi connectivity index (χ0v) is 18.5. The Morgan fingerprint density at radius 2 is 1.97 bits per heavy atom. The second-order valence-electron chi connectivity index (χ2n) is 7.87. The Bertz CT molecular complexity index is 1410. The molecule has 1 aliphatic rings. The molecule has 0 spiro atoms. The van der Waals surface area contributed by atoms with Gasteiger partial charge in [0.05, 0.1) is 30.1 Å². The van der Waals surface area contributed by atoms with Gasteiger partial charge < -0.3 is 19.2 Å². The summed E-state index contributed by atoms with van der Waals surface area (Å²) >= 11 is 0. The maximum Gasteiger partial charge on any atom is 0.339 e. The molecule has 1 amide bonds. The summed E-state index contributed by atoms with van der Waals surface area (Å²) in [7, 11) is 1.55. The van der Waals surface area contributed by atoms with Crippen LogP contribution in [0.15, 0.2) is 71.3 Å². The number of rotatable bonds is 6. The highest BCUT2D eigenvalue weighted by molar-refractivity contribution is 6.08. The first-order valence-corrected chi connectivity index (χ1v) is 10.9. The van der Waals surface area contributed by atoms with Crippen molar-refractivity contribution in [1.29, 1.82) is 0 Å². The molecule has 4 aromatic rings. The Kier molecular flexibility index (Phi) is 5.82. The number of furan rings is 1. The van der Waals surface area contributed by atoms with Gasteiger partial charge in [-0.3, -0.25) is 4.79 Å². The van der Waals surface area contributed by atoms with Crippen LogP contribution in [0.2, 0.25) is 0 Å². The molecule has 0 bridgehead atoms. The molecule has 0 aliphatic heterocycles. The van der Waals surface area contributed by atoms with E-state index < -0.39 is 18.5 Å². The maximum atomic E-state index is 13.2. The minimum Gasteiger partial charge on any atom is -0.497 e. The van der Waals surface area contributed by atoms with Gasteiger partial charge in [-0.25, -0.2) is 9.78 Å². The van der Waals surface area contributed by atoms with Crippen LogP contribution in [-0.2, 0) is 16.0 Å². The van der Waals surface area contributed by atoms with E-state index in [1.807, 2.05) is 42.5 Å². The van der Waals surface area contributed by atoms with Crippen LogP contribution in [0.25, 0.3) is 22.6 Å². The van der Waals surface area contributed by atoms with Crippen LogP contribution in [0.3, 0.4) is 0 Å². The molecule has 0 fully saturated rings. The molecule has 0 saturated heterocycles. The van der Waals surface area contributed by atoms with Crippen molar-refractivity contribution in [3.63, 3.8) is 0 Å². The van der Waals surface area contributed by atoms with Crippen LogP contribution < -0.4 is 10.1 Å². The molecular weight excluding hydrogens is 432 g/mol. The summed E-state index contributed by atoms with van der Waals surface area (Å²) in [6, 6.07) is 18.1. The zero-order valence-electron chi connectivity index (χ0n) is 18.5. The molecule has 5 rings (SSSR count). The van der Waals surface area contributed by atoms with Gasteiger partial charge in [-0.1, -0.05) is 24.3 Å². The van der Waals surface area contributed by atoms with Gasteiger partial charge in [0.15, 0.2) is 6.61 Å². The number of ether oxygens (including phenoxy) is 2. The third kappa shape index (κ3) is 4.28. The molecule has 170 valence electrons. The molecule has 1 N–H and O–H groups in total. The van der Waals surface area contributed by atoms with Crippen molar-refractivity contribution in [2.24, 2.45) is 0 Å². The molecule has 2 heterocycles. The number of fused-ring (bicyclic) bond motifs is 2. The van der Waals surface area contributed by atoms with Crippen molar-refractivity contribution in [2.75, 3.05) is 19.0 Å². The van der Waals surface area contributed by atoms with E-state index in [9.17, 15) is 9.59 Å². The van der Waals surface area contributed by atoms with Crippen LogP contribution in [0.4, 0.5) is 5.69 Å². The second-order valence-corrected chi connectivity index (χ2v) is 7.87. The topological polar surface area (TPSA) is 90.7 Å². The lowest BCUT2D eigenvalue weighted by Crippen LogP contribution is -2.21. The standard InChI is InChI=1S/C27H22N2O5/c1-32-19-7-4-6-18(15-19)28-24(30)16-34-27(31)25-21-9-2-3-10-23(21)29-26-17(11-12-22(25)26)14-20-8-5-13-33-20/h2-10,13-15H,11-12,16H2,1H3,(H,28,30). The van der Waals surface area contributed by atoms with Crippen molar-refractivity contribution in [2.45, 2.75) is 12.8 Å². The van der Waals surface area contributed by atoms with Crippen molar-refractivity contribution in [3.8, 4) is 5.75 Å². The SMILES string of the molecule is COc1cccc(NC(=O)COC(=O)c2c3c(nc4ccccc24)C(=Cc2ccco2)CC3)c1. The number of para-hydroxylation sites is 1. The normalized spacial score (nSPS) is 13.6. The number of carbonyl (C=O) groups excluding carboxylic acids is 2. The van der Waals surface area contributed by atoms with Crippen LogP contribution in [0.1, 0.15) is 33.8 Å². The number of nitrogens with zero attached hydrogens (tertiary/aromatic N) is 1. The van der Waals surface area contributed by atoms with E-state index >= 15 is 0 Å². The summed E-state index contributed by atoms with van der Waals surface area (Å²) in [4.78, 5) is 30.4. The summed E-state index contributed by atoms with van der Waals surface area (Å²) in [5.74, 6) is 0.369. The summed E-state index contributed by atoms with van der Waals surface area (Å²) in [5, 5.41) is 3.42. The van der Waals surface area contributed by atoms with E-state index in [0.29, 0.717) is 34.3 Å². The highest BCUT2D eigenvalue weighted by Gasteiger charge is 2.28. The molecule has 2 aromatic carbocycles. The molecular formula is C27H22N2O5. The number of anilines is 1. The summed E-state index contributed by atoms with van der Waals surface area (Å²) in [6.07, 6.45) is 4.95. The average molecular weight is 454 g/mol. The van der Waals surface area contributed by atoms with Gasteiger partial charge in [0, 0.05) is 17.1 Å². The summed E-state index contributed by atoms with van der Waals surface area (Å²) < 4.78 is 16.1. The number of nitrogens with one attached hydrogen (secondary N) is 1. The van der Waals surface area contributed by atoms with Crippen LogP contribution in [0, 0.1) is 0 Å². The largest absolute Gasteiger partial charge is 0.497 e. The number of amides is 1. The van der Waals surface area contributed by atoms with Gasteiger partial charge in [0.2, 0.25) is 0 Å². The molecule has 0 atom stereocenters. The molecule has 2 aromatic heterocycles. The van der Waals surface area contributed by atoms with Gasteiger partial charge in [-0.15, -0.1) is 0 Å². The highest BCUT2D eigenvalue weighted by Crippen LogP contribution is 2.37. The fraction of sp³-hybridized carbons (Fsp3) is 0.148. The average Bonchev–Trinajstić information content (AvgIpc) is 3.51. The lowest BCUT2D eigenvalue weighted by Gasteiger charge is -2.12. The van der Waals surface area contributed by atoms with E-state index in [1.165, 1.54) is 0 Å². The molecule has 7 nitrogen and oxygen atoms in total. The van der Waals surface area contributed by atoms with Crippen LogP contribution >= 0.6 is 0 Å². The summed E-state index contributed by atoms with van der Waals surface area (Å²) in [5.41, 5.74) is 4.31. The fourth-order valence-electron chi connectivity index (χ4n) is 4.16. The Hall–Kier alpha value is -4.39. The van der Waals surface area contributed by atoms with Crippen molar-refractivity contribution in [1.82, 2.24) is 4.98 Å². The highest BCUT2D eigenvalue weighted by atomic mass is 16.5. The Morgan fingerprint density at radius 3 is 2.79 bits per heavy atom. The smallest absolute Gasteiger partial charge is 0.339 e. The Balaban J connectivity index is 1.40. The maximum absolute atomic E-state index is 13.2. The number of pyridine rings is 1. The number of hydrogen-bond donors (Lipinski definition) is 1. The molecule has 0 radical (unpaired) electrons. The lowest BCUT2D eigenvalue weighted by atomic mass is 10.0. The molecule has 0 unspecified atom stereocenters. The predicted molar refractivity (Wildman–Crippen MR) is 129 cm³/mol. The number of benzene rings is 2. The van der Waals surface area contributed by atoms with Gasteiger partial charge >= 0.3 is 5.97 Å². The first kappa shape index (κ1) is 21.5. The molecule has 34 heavy (non-hydrogen) atoms. The Labute approximate surface area is 196 Å². The number of esters is 1. The molecule has 1 aliphatic carbocycles. The third-order valence-electron chi connectivity index (χ3n) is 5.69. The monoisotopic (exact) mass is 454 g/mol. The van der Waals surface area contributed by atoms with E-state index in [2.05, 4.69) is 5.32 Å². The van der Waals surface area contributed by atoms with Gasteiger partial charge in [0.25, 0.3) is 5.91 Å². The van der Waals surface area contributed by atoms with E-state index in [4.69, 9.17) is 18.9 Å². The number of hydrogen-bond acceptors (Lipinski definition) is 6. The Morgan fingerprint density at radius 1 is 1.09 bits per heavy atom. The predicted octanol–water partition coefficient (Wildman–Crippen LogP) is 5.12. The quantitative estimate of drug-likeness (QED) is 0.407. The summed E-state index contributed by atoms with van der Waals surface area (Å²) in [6.45, 7) is -0.406. The van der Waals surface area contributed by atoms with Crippen molar-refractivity contribution < 1.29 is 23.5 Å². The van der Waals surface area contributed by atoms with Crippen molar-refractivity contribution in [3.05, 3.63) is 89.5 Å². The van der Waals surface area contributed by atoms with Crippen molar-refractivity contribution >= 4 is 40.1 Å². The molecule has 0 saturated carbocycles. The van der Waals surface area contributed by atoms with E-state index in [0.717, 1.165) is 29.0 Å². The fourth-order valence-corrected chi connectivity index (χ4v) is 4.16. The zero-order chi connectivity index (χ0) is 23.5. The first-order valence-electron chi connectivity index (χ1n) is 10.9. The first-order chi connectivity index (χ1) is 16.6.